The van der Waals surface area contributed by atoms with E-state index in [0.29, 0.717) is 24.3 Å². The standard InChI is InChI=1S/C11H13ClN4O2/c1-7(12)10-15-16-11(18-10)14-6-8-3-4-9(17-2)13-5-8/h3-5,7H,6H2,1-2H3,(H,14,16). The van der Waals surface area contributed by atoms with E-state index in [1.54, 1.807) is 26.3 Å². The summed E-state index contributed by atoms with van der Waals surface area (Å²) in [7, 11) is 1.58. The van der Waals surface area contributed by atoms with Crippen molar-refractivity contribution in [1.29, 1.82) is 0 Å². The van der Waals surface area contributed by atoms with Crippen LogP contribution in [0.4, 0.5) is 6.01 Å². The maximum atomic E-state index is 5.82. The summed E-state index contributed by atoms with van der Waals surface area (Å²) in [5.41, 5.74) is 0.981. The topological polar surface area (TPSA) is 73.1 Å². The van der Waals surface area contributed by atoms with Crippen molar-refractivity contribution in [2.75, 3.05) is 12.4 Å². The number of nitrogens with one attached hydrogen (secondary N) is 1. The van der Waals surface area contributed by atoms with E-state index < -0.39 is 0 Å². The van der Waals surface area contributed by atoms with Gasteiger partial charge in [-0.05, 0) is 12.5 Å². The molecule has 0 aliphatic carbocycles. The number of halogens is 1. The molecule has 0 aromatic carbocycles. The van der Waals surface area contributed by atoms with Gasteiger partial charge in [-0.25, -0.2) is 4.98 Å². The number of rotatable bonds is 5. The fraction of sp³-hybridized carbons (Fsp3) is 0.364. The zero-order chi connectivity index (χ0) is 13.0. The quantitative estimate of drug-likeness (QED) is 0.840. The Labute approximate surface area is 109 Å². The summed E-state index contributed by atoms with van der Waals surface area (Å²) in [6.07, 6.45) is 1.72. The SMILES string of the molecule is COc1ccc(CNc2nnc(C(C)Cl)o2)cn1. The minimum Gasteiger partial charge on any atom is -0.481 e. The molecule has 1 atom stereocenters. The van der Waals surface area contributed by atoms with Crippen LogP contribution in [0.15, 0.2) is 22.7 Å². The van der Waals surface area contributed by atoms with Gasteiger partial charge in [0, 0.05) is 18.8 Å². The van der Waals surface area contributed by atoms with Crippen molar-refractivity contribution in [2.24, 2.45) is 0 Å². The molecule has 0 fully saturated rings. The Bertz CT molecular complexity index is 498. The Morgan fingerprint density at radius 2 is 2.28 bits per heavy atom. The van der Waals surface area contributed by atoms with Crippen LogP contribution >= 0.6 is 11.6 Å². The maximum absolute atomic E-state index is 5.82. The highest BCUT2D eigenvalue weighted by molar-refractivity contribution is 6.20. The molecule has 0 aliphatic heterocycles. The van der Waals surface area contributed by atoms with Crippen molar-refractivity contribution in [2.45, 2.75) is 18.8 Å². The Hall–Kier alpha value is -1.82. The van der Waals surface area contributed by atoms with Crippen LogP contribution in [0, 0.1) is 0 Å². The van der Waals surface area contributed by atoms with Gasteiger partial charge in [0.25, 0.3) is 0 Å². The van der Waals surface area contributed by atoms with Crippen LogP contribution < -0.4 is 10.1 Å². The second-order valence-electron chi connectivity index (χ2n) is 3.62. The Morgan fingerprint density at radius 3 is 2.83 bits per heavy atom. The summed E-state index contributed by atoms with van der Waals surface area (Å²) >= 11 is 5.82. The summed E-state index contributed by atoms with van der Waals surface area (Å²) in [5.74, 6) is 0.974. The van der Waals surface area contributed by atoms with Crippen LogP contribution in [0.1, 0.15) is 23.8 Å². The molecule has 0 saturated heterocycles. The molecule has 0 spiro atoms. The molecule has 1 unspecified atom stereocenters. The van der Waals surface area contributed by atoms with Crippen molar-refractivity contribution in [1.82, 2.24) is 15.2 Å². The van der Waals surface area contributed by atoms with Gasteiger partial charge in [-0.2, -0.15) is 0 Å². The van der Waals surface area contributed by atoms with Crippen LogP contribution in [0.3, 0.4) is 0 Å². The molecule has 2 aromatic rings. The average molecular weight is 269 g/mol. The molecular formula is C11H13ClN4O2. The van der Waals surface area contributed by atoms with E-state index in [2.05, 4.69) is 20.5 Å². The third kappa shape index (κ3) is 3.10. The van der Waals surface area contributed by atoms with Gasteiger partial charge < -0.3 is 14.5 Å². The van der Waals surface area contributed by atoms with Gasteiger partial charge in [-0.3, -0.25) is 0 Å². The smallest absolute Gasteiger partial charge is 0.315 e. The lowest BCUT2D eigenvalue weighted by Gasteiger charge is -2.02. The summed E-state index contributed by atoms with van der Waals surface area (Å²) in [6, 6.07) is 4.03. The van der Waals surface area contributed by atoms with E-state index in [0.717, 1.165) is 5.56 Å². The van der Waals surface area contributed by atoms with Crippen molar-refractivity contribution in [3.05, 3.63) is 29.8 Å². The highest BCUT2D eigenvalue weighted by atomic mass is 35.5. The minimum absolute atomic E-state index is 0.296. The summed E-state index contributed by atoms with van der Waals surface area (Å²) < 4.78 is 10.3. The molecule has 2 heterocycles. The monoisotopic (exact) mass is 268 g/mol. The predicted octanol–water partition coefficient (Wildman–Crippen LogP) is 2.39. The number of hydrogen-bond acceptors (Lipinski definition) is 6. The van der Waals surface area contributed by atoms with Gasteiger partial charge in [-0.15, -0.1) is 16.7 Å². The molecule has 2 aromatic heterocycles. The molecule has 0 aliphatic rings. The molecule has 0 saturated carbocycles. The van der Waals surface area contributed by atoms with Crippen LogP contribution in [0.5, 0.6) is 5.88 Å². The minimum atomic E-state index is -0.296. The zero-order valence-electron chi connectivity index (χ0n) is 10.1. The lowest BCUT2D eigenvalue weighted by Crippen LogP contribution is -2.00. The summed E-state index contributed by atoms with van der Waals surface area (Å²) in [6.45, 7) is 2.31. The Morgan fingerprint density at radius 1 is 1.44 bits per heavy atom. The Kier molecular flexibility index (Phi) is 3.99. The maximum Gasteiger partial charge on any atom is 0.315 e. The van der Waals surface area contributed by atoms with Gasteiger partial charge in [0.1, 0.15) is 5.38 Å². The van der Waals surface area contributed by atoms with Gasteiger partial charge >= 0.3 is 6.01 Å². The molecule has 96 valence electrons. The van der Waals surface area contributed by atoms with Gasteiger partial charge in [-0.1, -0.05) is 11.2 Å². The average Bonchev–Trinajstić information content (AvgIpc) is 2.86. The molecule has 0 amide bonds. The second kappa shape index (κ2) is 5.68. The number of alkyl halides is 1. The van der Waals surface area contributed by atoms with Crippen LogP contribution in [0.25, 0.3) is 0 Å². The molecule has 0 bridgehead atoms. The van der Waals surface area contributed by atoms with Crippen molar-refractivity contribution in [3.63, 3.8) is 0 Å². The first kappa shape index (κ1) is 12.6. The van der Waals surface area contributed by atoms with Gasteiger partial charge in [0.2, 0.25) is 11.8 Å². The Balaban J connectivity index is 1.93. The predicted molar refractivity (Wildman–Crippen MR) is 66.7 cm³/mol. The van der Waals surface area contributed by atoms with Gasteiger partial charge in [0.15, 0.2) is 0 Å². The largest absolute Gasteiger partial charge is 0.481 e. The fourth-order valence-corrected chi connectivity index (χ4v) is 1.37. The second-order valence-corrected chi connectivity index (χ2v) is 4.28. The van der Waals surface area contributed by atoms with Crippen LogP contribution in [-0.4, -0.2) is 22.3 Å². The first-order valence-corrected chi connectivity index (χ1v) is 5.83. The molecule has 18 heavy (non-hydrogen) atoms. The van der Waals surface area contributed by atoms with Crippen molar-refractivity contribution < 1.29 is 9.15 Å². The lowest BCUT2D eigenvalue weighted by molar-refractivity contribution is 0.397. The van der Waals surface area contributed by atoms with Crippen molar-refractivity contribution >= 4 is 17.6 Å². The summed E-state index contributed by atoms with van der Waals surface area (Å²) in [5, 5.41) is 10.3. The van der Waals surface area contributed by atoms with Crippen LogP contribution in [0.2, 0.25) is 0 Å². The number of ether oxygens (including phenoxy) is 1. The van der Waals surface area contributed by atoms with Crippen LogP contribution in [-0.2, 0) is 6.54 Å². The van der Waals surface area contributed by atoms with E-state index in [1.165, 1.54) is 0 Å². The zero-order valence-corrected chi connectivity index (χ0v) is 10.8. The molecule has 2 rings (SSSR count). The van der Waals surface area contributed by atoms with E-state index in [9.17, 15) is 0 Å². The highest BCUT2D eigenvalue weighted by Crippen LogP contribution is 2.19. The summed E-state index contributed by atoms with van der Waals surface area (Å²) in [4.78, 5) is 4.09. The molecule has 6 nitrogen and oxygen atoms in total. The van der Waals surface area contributed by atoms with E-state index in [-0.39, 0.29) is 5.38 Å². The molecule has 0 radical (unpaired) electrons. The third-order valence-electron chi connectivity index (χ3n) is 2.23. The lowest BCUT2D eigenvalue weighted by atomic mass is 10.3. The molecular weight excluding hydrogens is 256 g/mol. The van der Waals surface area contributed by atoms with E-state index in [4.69, 9.17) is 20.8 Å². The number of nitrogens with zero attached hydrogens (tertiary/aromatic N) is 3. The normalized spacial score (nSPS) is 12.2. The molecule has 1 N–H and O–H groups in total. The number of pyridine rings is 1. The number of aromatic nitrogens is 3. The van der Waals surface area contributed by atoms with E-state index in [1.807, 2.05) is 6.07 Å². The van der Waals surface area contributed by atoms with Crippen molar-refractivity contribution in [3.8, 4) is 5.88 Å². The number of anilines is 1. The van der Waals surface area contributed by atoms with Gasteiger partial charge in [0.05, 0.1) is 7.11 Å². The number of methoxy groups -OCH3 is 1. The first-order chi connectivity index (χ1) is 8.69. The fourth-order valence-electron chi connectivity index (χ4n) is 1.28. The third-order valence-corrected chi connectivity index (χ3v) is 2.42. The molecule has 7 heteroatoms. The highest BCUT2D eigenvalue weighted by Gasteiger charge is 2.10. The first-order valence-electron chi connectivity index (χ1n) is 5.39. The number of hydrogen-bond donors (Lipinski definition) is 1. The van der Waals surface area contributed by atoms with E-state index >= 15 is 0 Å².